The number of benzene rings is 2. The highest BCUT2D eigenvalue weighted by Gasteiger charge is 2.34. The minimum Gasteiger partial charge on any atom is -0.497 e. The van der Waals surface area contributed by atoms with Gasteiger partial charge in [-0.05, 0) is 68.1 Å². The number of aryl methyl sites for hydroxylation is 2. The second-order valence-corrected chi connectivity index (χ2v) is 14.4. The Morgan fingerprint density at radius 2 is 1.60 bits per heavy atom. The van der Waals surface area contributed by atoms with Crippen molar-refractivity contribution in [3.63, 3.8) is 0 Å². The first-order chi connectivity index (χ1) is 24.1. The fourth-order valence-electron chi connectivity index (χ4n) is 6.80. The van der Waals surface area contributed by atoms with Gasteiger partial charge in [-0.2, -0.15) is 0 Å². The highest BCUT2D eigenvalue weighted by atomic mass is 35.5. The Hall–Kier alpha value is -4.81. The van der Waals surface area contributed by atoms with Gasteiger partial charge in [0.1, 0.15) is 22.6 Å². The lowest BCUT2D eigenvalue weighted by molar-refractivity contribution is -0.137. The van der Waals surface area contributed by atoms with Crippen LogP contribution in [0.15, 0.2) is 59.6 Å². The summed E-state index contributed by atoms with van der Waals surface area (Å²) in [6.07, 6.45) is 3.55. The molecule has 0 bridgehead atoms. The van der Waals surface area contributed by atoms with Gasteiger partial charge in [-0.25, -0.2) is 0 Å². The Morgan fingerprint density at radius 1 is 0.900 bits per heavy atom. The summed E-state index contributed by atoms with van der Waals surface area (Å²) in [5, 5.41) is 10.5. The quantitative estimate of drug-likeness (QED) is 0.260. The van der Waals surface area contributed by atoms with Gasteiger partial charge < -0.3 is 19.4 Å². The van der Waals surface area contributed by atoms with Crippen molar-refractivity contribution in [1.82, 2.24) is 29.5 Å². The molecule has 0 aliphatic carbocycles. The van der Waals surface area contributed by atoms with Crippen molar-refractivity contribution in [3.8, 4) is 10.8 Å². The maximum atomic E-state index is 13.8. The molecule has 4 aromatic rings. The van der Waals surface area contributed by atoms with Gasteiger partial charge in [-0.15, -0.1) is 21.5 Å². The van der Waals surface area contributed by atoms with E-state index in [1.807, 2.05) is 54.0 Å². The average molecular weight is 712 g/mol. The predicted molar refractivity (Wildman–Crippen MR) is 192 cm³/mol. The van der Waals surface area contributed by atoms with Crippen molar-refractivity contribution in [2.75, 3.05) is 39.8 Å². The lowest BCUT2D eigenvalue weighted by Crippen LogP contribution is -2.50. The Balaban J connectivity index is 1.02. The number of fused-ring (bicyclic) bond motifs is 4. The number of methoxy groups -OCH3 is 1. The molecule has 2 aromatic carbocycles. The molecule has 0 saturated carbocycles. The number of ether oxygens (including phenoxy) is 1. The summed E-state index contributed by atoms with van der Waals surface area (Å²) in [5.74, 6) is 1.66. The summed E-state index contributed by atoms with van der Waals surface area (Å²) in [6.45, 7) is 8.69. The monoisotopic (exact) mass is 711 g/mol. The smallest absolute Gasteiger partial charge is 0.247 e. The van der Waals surface area contributed by atoms with Crippen molar-refractivity contribution in [1.29, 1.82) is 0 Å². The summed E-state index contributed by atoms with van der Waals surface area (Å²) >= 11 is 7.90. The van der Waals surface area contributed by atoms with Crippen LogP contribution in [0, 0.1) is 20.8 Å². The number of amides is 3. The molecule has 0 unspecified atom stereocenters. The van der Waals surface area contributed by atoms with Gasteiger partial charge in [-0.1, -0.05) is 29.8 Å². The molecule has 1 saturated heterocycles. The van der Waals surface area contributed by atoms with E-state index >= 15 is 0 Å². The first kappa shape index (κ1) is 33.7. The number of carbonyl (C=O) groups is 3. The zero-order valence-corrected chi connectivity index (χ0v) is 30.1. The minimum atomic E-state index is -0.564. The standard InChI is InChI=1S/C37H38ClN7O4S/c1-22-23(2)50-37-34(22)35(25-5-8-28(38)9-6-25)39-30(36-41-40-24(3)45(36)37)20-33(48)43-17-15-42(16-18-43)31(46)11-12-32(47)44-14-13-26-19-29(49-4)10-7-27(26)21-44/h5-12,19,30H,13-18,20-21H2,1-4H3/b12-11+/t30-/m0/s1. The summed E-state index contributed by atoms with van der Waals surface area (Å²) in [6, 6.07) is 12.9. The second-order valence-electron chi connectivity index (χ2n) is 12.8. The molecule has 3 aliphatic heterocycles. The van der Waals surface area contributed by atoms with Crippen LogP contribution in [0.4, 0.5) is 0 Å². The predicted octanol–water partition coefficient (Wildman–Crippen LogP) is 5.01. The van der Waals surface area contributed by atoms with E-state index in [4.69, 9.17) is 21.3 Å². The fourth-order valence-corrected chi connectivity index (χ4v) is 8.14. The maximum absolute atomic E-state index is 13.8. The molecule has 2 aromatic heterocycles. The van der Waals surface area contributed by atoms with E-state index in [0.29, 0.717) is 50.1 Å². The molecule has 258 valence electrons. The highest BCUT2D eigenvalue weighted by Crippen LogP contribution is 2.40. The highest BCUT2D eigenvalue weighted by molar-refractivity contribution is 7.15. The van der Waals surface area contributed by atoms with E-state index in [2.05, 4.69) is 24.0 Å². The van der Waals surface area contributed by atoms with E-state index in [9.17, 15) is 14.4 Å². The lowest BCUT2D eigenvalue weighted by Gasteiger charge is -2.34. The van der Waals surface area contributed by atoms with Crippen LogP contribution in [-0.4, -0.2) is 92.7 Å². The molecule has 11 nitrogen and oxygen atoms in total. The number of aromatic nitrogens is 3. The molecule has 3 amide bonds. The van der Waals surface area contributed by atoms with Gasteiger partial charge in [-0.3, -0.25) is 23.9 Å². The van der Waals surface area contributed by atoms with Gasteiger partial charge in [0, 0.05) is 72.4 Å². The molecule has 50 heavy (non-hydrogen) atoms. The van der Waals surface area contributed by atoms with Crippen molar-refractivity contribution >= 4 is 46.4 Å². The summed E-state index contributed by atoms with van der Waals surface area (Å²) in [5.41, 5.74) is 6.11. The molecular weight excluding hydrogens is 674 g/mol. The van der Waals surface area contributed by atoms with E-state index in [0.717, 1.165) is 51.0 Å². The fraction of sp³-hybridized carbons (Fsp3) is 0.351. The van der Waals surface area contributed by atoms with Gasteiger partial charge >= 0.3 is 0 Å². The van der Waals surface area contributed by atoms with Crippen molar-refractivity contribution < 1.29 is 19.1 Å². The third kappa shape index (κ3) is 6.45. The van der Waals surface area contributed by atoms with Crippen LogP contribution >= 0.6 is 22.9 Å². The van der Waals surface area contributed by atoms with Crippen LogP contribution in [0.5, 0.6) is 5.75 Å². The van der Waals surface area contributed by atoms with Crippen LogP contribution in [0.25, 0.3) is 5.00 Å². The third-order valence-electron chi connectivity index (χ3n) is 9.78. The number of halogens is 1. The lowest BCUT2D eigenvalue weighted by atomic mass is 9.99. The first-order valence-corrected chi connectivity index (χ1v) is 17.9. The van der Waals surface area contributed by atoms with Crippen molar-refractivity contribution in [2.24, 2.45) is 4.99 Å². The summed E-state index contributed by atoms with van der Waals surface area (Å²) in [4.78, 5) is 51.4. The number of rotatable bonds is 6. The zero-order chi connectivity index (χ0) is 35.1. The van der Waals surface area contributed by atoms with Crippen LogP contribution < -0.4 is 4.74 Å². The molecule has 1 fully saturated rings. The van der Waals surface area contributed by atoms with Crippen LogP contribution in [0.1, 0.15) is 56.8 Å². The average Bonchev–Trinajstić information content (AvgIpc) is 3.61. The Kier molecular flexibility index (Phi) is 9.32. The van der Waals surface area contributed by atoms with E-state index in [-0.39, 0.29) is 24.1 Å². The number of carbonyl (C=O) groups excluding carboxylic acids is 3. The van der Waals surface area contributed by atoms with Crippen molar-refractivity contribution in [2.45, 2.75) is 46.2 Å². The minimum absolute atomic E-state index is 0.0691. The van der Waals surface area contributed by atoms with E-state index in [1.165, 1.54) is 22.6 Å². The maximum Gasteiger partial charge on any atom is 0.247 e. The largest absolute Gasteiger partial charge is 0.497 e. The Morgan fingerprint density at radius 3 is 2.32 bits per heavy atom. The molecule has 0 N–H and O–H groups in total. The Bertz CT molecular complexity index is 2040. The molecule has 5 heterocycles. The van der Waals surface area contributed by atoms with Crippen LogP contribution in [0.3, 0.4) is 0 Å². The number of aliphatic imine (C=N–C) groups is 1. The SMILES string of the molecule is COc1ccc2c(c1)CCN(C(=O)/C=C/C(=O)N1CCN(C(=O)C[C@@H]3N=C(c4ccc(Cl)cc4)c4c(sc(C)c4C)-n4c(C)nnc43)CC1)C2. The van der Waals surface area contributed by atoms with Crippen LogP contribution in [-0.2, 0) is 27.3 Å². The topological polar surface area (TPSA) is 113 Å². The number of hydrogen-bond donors (Lipinski definition) is 0. The Labute approximate surface area is 299 Å². The molecule has 7 rings (SSSR count). The van der Waals surface area contributed by atoms with Gasteiger partial charge in [0.05, 0.1) is 19.2 Å². The number of nitrogens with zero attached hydrogens (tertiary/aromatic N) is 7. The normalized spacial score (nSPS) is 17.2. The number of piperazine rings is 1. The second kappa shape index (κ2) is 13.8. The van der Waals surface area contributed by atoms with Gasteiger partial charge in [0.15, 0.2) is 5.82 Å². The zero-order valence-electron chi connectivity index (χ0n) is 28.5. The van der Waals surface area contributed by atoms with Crippen molar-refractivity contribution in [3.05, 3.63) is 104 Å². The molecular formula is C37H38ClN7O4S. The van der Waals surface area contributed by atoms with E-state index < -0.39 is 6.04 Å². The summed E-state index contributed by atoms with van der Waals surface area (Å²) in [7, 11) is 1.64. The molecule has 1 atom stereocenters. The summed E-state index contributed by atoms with van der Waals surface area (Å²) < 4.78 is 7.35. The van der Waals surface area contributed by atoms with E-state index in [1.54, 1.807) is 33.1 Å². The van der Waals surface area contributed by atoms with Crippen LogP contribution in [0.2, 0.25) is 5.02 Å². The third-order valence-corrected chi connectivity index (χ3v) is 11.2. The molecule has 0 radical (unpaired) electrons. The first-order valence-electron chi connectivity index (χ1n) is 16.7. The number of thiophene rings is 1. The van der Waals surface area contributed by atoms with Gasteiger partial charge in [0.2, 0.25) is 17.7 Å². The number of hydrogen-bond acceptors (Lipinski definition) is 8. The molecule has 13 heteroatoms. The molecule has 3 aliphatic rings. The molecule has 0 spiro atoms. The van der Waals surface area contributed by atoms with Gasteiger partial charge in [0.25, 0.3) is 0 Å².